The number of thioether (sulfide) groups is 1. The Hall–Kier alpha value is -0.570. The first-order valence-corrected chi connectivity index (χ1v) is 13.7. The van der Waals surface area contributed by atoms with Gasteiger partial charge in [0, 0.05) is 21.7 Å². The summed E-state index contributed by atoms with van der Waals surface area (Å²) in [5.74, 6) is 0.666. The smallest absolute Gasteiger partial charge is 0.266 e. The standard InChI is InChI=1S/C23H19Br2Cl2NO2S2/c24-17-8-13(9-18(25)21(17)30-12-14-6-7-15(26)11-19(14)27)10-20-22(29)28(23(31)32-20)16-4-2-1-3-5-16/h6-11,16H,1-5,12H2/b20-10-. The van der Waals surface area contributed by atoms with Crippen molar-refractivity contribution in [1.82, 2.24) is 4.90 Å². The van der Waals surface area contributed by atoms with E-state index in [1.54, 1.807) is 12.1 Å². The molecule has 0 spiro atoms. The van der Waals surface area contributed by atoms with Gasteiger partial charge in [-0.2, -0.15) is 0 Å². The van der Waals surface area contributed by atoms with Gasteiger partial charge < -0.3 is 4.74 Å². The van der Waals surface area contributed by atoms with Crippen LogP contribution in [-0.4, -0.2) is 21.2 Å². The number of rotatable bonds is 5. The average Bonchev–Trinajstić information content (AvgIpc) is 3.02. The molecule has 9 heteroatoms. The molecule has 0 bridgehead atoms. The fourth-order valence-corrected chi connectivity index (χ4v) is 7.19. The first-order chi connectivity index (χ1) is 15.3. The largest absolute Gasteiger partial charge is 0.486 e. The minimum absolute atomic E-state index is 0.0110. The van der Waals surface area contributed by atoms with Crippen molar-refractivity contribution in [2.24, 2.45) is 0 Å². The Kier molecular flexibility index (Phi) is 8.28. The molecule has 1 heterocycles. The lowest BCUT2D eigenvalue weighted by molar-refractivity contribution is -0.124. The molecule has 2 aliphatic rings. The van der Waals surface area contributed by atoms with E-state index in [0.29, 0.717) is 31.6 Å². The summed E-state index contributed by atoms with van der Waals surface area (Å²) in [6.07, 6.45) is 7.49. The van der Waals surface area contributed by atoms with Gasteiger partial charge in [-0.15, -0.1) is 0 Å². The number of carbonyl (C=O) groups is 1. The van der Waals surface area contributed by atoms with Crippen molar-refractivity contribution in [3.63, 3.8) is 0 Å². The number of carbonyl (C=O) groups excluding carboxylic acids is 1. The predicted octanol–water partition coefficient (Wildman–Crippen LogP) is 8.63. The van der Waals surface area contributed by atoms with E-state index in [2.05, 4.69) is 31.9 Å². The van der Waals surface area contributed by atoms with E-state index in [-0.39, 0.29) is 11.9 Å². The number of halogens is 4. The highest BCUT2D eigenvalue weighted by Gasteiger charge is 2.37. The second-order valence-corrected chi connectivity index (χ2v) is 11.9. The molecule has 1 aliphatic carbocycles. The van der Waals surface area contributed by atoms with Crippen LogP contribution >= 0.6 is 79.0 Å². The molecule has 0 atom stereocenters. The molecule has 0 N–H and O–H groups in total. The number of hydrogen-bond donors (Lipinski definition) is 0. The molecule has 1 amide bonds. The van der Waals surface area contributed by atoms with E-state index in [4.69, 9.17) is 40.2 Å². The Morgan fingerprint density at radius 3 is 2.47 bits per heavy atom. The molecular formula is C23H19Br2Cl2NO2S2. The van der Waals surface area contributed by atoms with Gasteiger partial charge in [-0.25, -0.2) is 0 Å². The van der Waals surface area contributed by atoms with E-state index >= 15 is 0 Å². The van der Waals surface area contributed by atoms with E-state index in [1.807, 2.05) is 29.2 Å². The third-order valence-electron chi connectivity index (χ3n) is 5.47. The third-order valence-corrected chi connectivity index (χ3v) is 8.56. The van der Waals surface area contributed by atoms with E-state index < -0.39 is 0 Å². The molecule has 0 aromatic heterocycles. The van der Waals surface area contributed by atoms with Crippen molar-refractivity contribution in [2.45, 2.75) is 44.8 Å². The predicted molar refractivity (Wildman–Crippen MR) is 145 cm³/mol. The molecule has 2 aromatic carbocycles. The van der Waals surface area contributed by atoms with Crippen LogP contribution in [0.2, 0.25) is 10.0 Å². The zero-order chi connectivity index (χ0) is 22.8. The van der Waals surface area contributed by atoms with Gasteiger partial charge in [0.25, 0.3) is 5.91 Å². The molecule has 1 saturated heterocycles. The first-order valence-electron chi connectivity index (χ1n) is 10.2. The minimum Gasteiger partial charge on any atom is -0.486 e. The molecule has 1 aliphatic heterocycles. The maximum absolute atomic E-state index is 13.1. The van der Waals surface area contributed by atoms with Crippen LogP contribution in [0.1, 0.15) is 43.2 Å². The summed E-state index contributed by atoms with van der Waals surface area (Å²) in [6, 6.07) is 9.40. The van der Waals surface area contributed by atoms with Crippen LogP contribution in [0.15, 0.2) is 44.2 Å². The second kappa shape index (κ2) is 10.8. The molecule has 1 saturated carbocycles. The second-order valence-electron chi connectivity index (χ2n) is 7.68. The first kappa shape index (κ1) is 24.6. The van der Waals surface area contributed by atoms with Gasteiger partial charge in [0.2, 0.25) is 0 Å². The fourth-order valence-electron chi connectivity index (χ4n) is 3.87. The highest BCUT2D eigenvalue weighted by Crippen LogP contribution is 2.40. The Labute approximate surface area is 224 Å². The maximum Gasteiger partial charge on any atom is 0.266 e. The summed E-state index contributed by atoms with van der Waals surface area (Å²) in [5.41, 5.74) is 1.72. The molecule has 4 rings (SSSR count). The Bertz CT molecular complexity index is 1080. The molecular weight excluding hydrogens is 617 g/mol. The van der Waals surface area contributed by atoms with Crippen molar-refractivity contribution >= 4 is 95.3 Å². The zero-order valence-corrected chi connectivity index (χ0v) is 23.2. The van der Waals surface area contributed by atoms with E-state index in [1.165, 1.54) is 18.2 Å². The number of hydrogen-bond acceptors (Lipinski definition) is 4. The average molecular weight is 636 g/mol. The van der Waals surface area contributed by atoms with Gasteiger partial charge in [-0.1, -0.05) is 72.5 Å². The van der Waals surface area contributed by atoms with Crippen molar-refractivity contribution in [1.29, 1.82) is 0 Å². The molecule has 0 unspecified atom stereocenters. The fraction of sp³-hybridized carbons (Fsp3) is 0.304. The summed E-state index contributed by atoms with van der Waals surface area (Å²) in [4.78, 5) is 15.5. The lowest BCUT2D eigenvalue weighted by Gasteiger charge is -2.29. The van der Waals surface area contributed by atoms with Gasteiger partial charge in [0.05, 0.1) is 13.9 Å². The lowest BCUT2D eigenvalue weighted by Crippen LogP contribution is -2.39. The van der Waals surface area contributed by atoms with E-state index in [9.17, 15) is 4.79 Å². The Balaban J connectivity index is 1.51. The number of nitrogens with zero attached hydrogens (tertiary/aromatic N) is 1. The maximum atomic E-state index is 13.1. The van der Waals surface area contributed by atoms with Crippen LogP contribution in [0.25, 0.3) is 6.08 Å². The summed E-state index contributed by atoms with van der Waals surface area (Å²) in [5, 5.41) is 1.14. The zero-order valence-electron chi connectivity index (χ0n) is 16.9. The minimum atomic E-state index is 0.0110. The van der Waals surface area contributed by atoms with Crippen molar-refractivity contribution in [3.05, 3.63) is 65.4 Å². The molecule has 168 valence electrons. The third kappa shape index (κ3) is 5.56. The molecule has 3 nitrogen and oxygen atoms in total. The van der Waals surface area contributed by atoms with Crippen molar-refractivity contribution in [2.75, 3.05) is 0 Å². The summed E-state index contributed by atoms with van der Waals surface area (Å²) in [6.45, 7) is 0.298. The van der Waals surface area contributed by atoms with Crippen LogP contribution in [0.5, 0.6) is 5.75 Å². The highest BCUT2D eigenvalue weighted by atomic mass is 79.9. The Morgan fingerprint density at radius 1 is 1.12 bits per heavy atom. The SMILES string of the molecule is O=C1/C(=C/c2cc(Br)c(OCc3ccc(Cl)cc3Cl)c(Br)c2)SC(=S)N1C1CCCCC1. The number of amides is 1. The monoisotopic (exact) mass is 633 g/mol. The molecule has 2 aromatic rings. The van der Waals surface area contributed by atoms with Crippen molar-refractivity contribution in [3.8, 4) is 5.75 Å². The van der Waals surface area contributed by atoms with E-state index in [0.717, 1.165) is 45.8 Å². The highest BCUT2D eigenvalue weighted by molar-refractivity contribution is 9.11. The quantitative estimate of drug-likeness (QED) is 0.243. The van der Waals surface area contributed by atoms with Crippen LogP contribution < -0.4 is 4.74 Å². The van der Waals surface area contributed by atoms with Gasteiger partial charge in [0.15, 0.2) is 0 Å². The number of benzene rings is 2. The van der Waals surface area contributed by atoms with Crippen LogP contribution in [0.3, 0.4) is 0 Å². The topological polar surface area (TPSA) is 29.5 Å². The van der Waals surface area contributed by atoms with Crippen LogP contribution in [-0.2, 0) is 11.4 Å². The normalized spacial score (nSPS) is 18.6. The van der Waals surface area contributed by atoms with Gasteiger partial charge in [-0.05, 0) is 80.6 Å². The molecule has 2 fully saturated rings. The Morgan fingerprint density at radius 2 is 1.81 bits per heavy atom. The summed E-state index contributed by atoms with van der Waals surface area (Å²) < 4.78 is 8.19. The summed E-state index contributed by atoms with van der Waals surface area (Å²) in [7, 11) is 0. The number of thiocarbonyl (C=S) groups is 1. The van der Waals surface area contributed by atoms with Gasteiger partial charge in [-0.3, -0.25) is 9.69 Å². The van der Waals surface area contributed by atoms with Crippen molar-refractivity contribution < 1.29 is 9.53 Å². The van der Waals surface area contributed by atoms with Crippen LogP contribution in [0, 0.1) is 0 Å². The summed E-state index contributed by atoms with van der Waals surface area (Å²) >= 11 is 26.3. The molecule has 32 heavy (non-hydrogen) atoms. The van der Waals surface area contributed by atoms with Gasteiger partial charge in [0.1, 0.15) is 16.7 Å². The molecule has 0 radical (unpaired) electrons. The number of ether oxygens (including phenoxy) is 1. The van der Waals surface area contributed by atoms with Gasteiger partial charge >= 0.3 is 0 Å². The lowest BCUT2D eigenvalue weighted by atomic mass is 9.94. The van der Waals surface area contributed by atoms with Crippen LogP contribution in [0.4, 0.5) is 0 Å².